The molecule has 0 fully saturated rings. The maximum atomic E-state index is 13.3. The summed E-state index contributed by atoms with van der Waals surface area (Å²) in [5.74, 6) is -2.71. The minimum Gasteiger partial charge on any atom is -0.480 e. The van der Waals surface area contributed by atoms with Crippen LogP contribution in [0.3, 0.4) is 0 Å². The average Bonchev–Trinajstić information content (AvgIpc) is 2.24. The number of amides is 1. The molecule has 0 spiro atoms. The van der Waals surface area contributed by atoms with Gasteiger partial charge in [-0.2, -0.15) is 0 Å². The summed E-state index contributed by atoms with van der Waals surface area (Å²) in [5, 5.41) is 11.4. The molecule has 1 unspecified atom stereocenters. The molecule has 18 heavy (non-hydrogen) atoms. The average molecular weight is 254 g/mol. The number of hydrogen-bond acceptors (Lipinski definition) is 3. The Kier molecular flexibility index (Phi) is 4.00. The van der Waals surface area contributed by atoms with E-state index < -0.39 is 29.2 Å². The number of carboxylic acids is 1. The van der Waals surface area contributed by atoms with Crippen LogP contribution in [0, 0.1) is 11.2 Å². The summed E-state index contributed by atoms with van der Waals surface area (Å²) in [6.45, 7) is 5.03. The van der Waals surface area contributed by atoms with E-state index in [1.165, 1.54) is 12.3 Å². The van der Waals surface area contributed by atoms with E-state index in [4.69, 9.17) is 5.11 Å². The number of hydrogen-bond donors (Lipinski definition) is 2. The zero-order chi connectivity index (χ0) is 13.9. The van der Waals surface area contributed by atoms with E-state index in [1.54, 1.807) is 20.8 Å². The van der Waals surface area contributed by atoms with Gasteiger partial charge in [0.15, 0.2) is 5.82 Å². The molecule has 1 aromatic rings. The van der Waals surface area contributed by atoms with Crippen molar-refractivity contribution in [2.24, 2.45) is 5.41 Å². The molecule has 0 saturated carbocycles. The molecule has 0 saturated heterocycles. The lowest BCUT2D eigenvalue weighted by molar-refractivity contribution is -0.142. The summed E-state index contributed by atoms with van der Waals surface area (Å²) in [6.07, 6.45) is 2.17. The Bertz CT molecular complexity index is 469. The van der Waals surface area contributed by atoms with E-state index in [-0.39, 0.29) is 5.56 Å². The molecule has 1 rings (SSSR count). The number of carbonyl (C=O) groups excluding carboxylic acids is 1. The van der Waals surface area contributed by atoms with Crippen molar-refractivity contribution >= 4 is 11.9 Å². The number of carbonyl (C=O) groups is 2. The molecule has 5 nitrogen and oxygen atoms in total. The van der Waals surface area contributed by atoms with Gasteiger partial charge in [-0.05, 0) is 11.5 Å². The molecule has 0 aliphatic rings. The number of halogens is 1. The van der Waals surface area contributed by atoms with Crippen LogP contribution < -0.4 is 5.32 Å². The minimum absolute atomic E-state index is 0.222. The van der Waals surface area contributed by atoms with Crippen molar-refractivity contribution in [2.75, 3.05) is 0 Å². The Morgan fingerprint density at radius 1 is 1.44 bits per heavy atom. The van der Waals surface area contributed by atoms with Crippen LogP contribution in [-0.2, 0) is 4.79 Å². The first-order chi connectivity index (χ1) is 8.23. The van der Waals surface area contributed by atoms with Crippen LogP contribution in [0.5, 0.6) is 0 Å². The molecule has 0 aliphatic heterocycles. The van der Waals surface area contributed by atoms with E-state index in [2.05, 4.69) is 10.3 Å². The zero-order valence-electron chi connectivity index (χ0n) is 10.4. The summed E-state index contributed by atoms with van der Waals surface area (Å²) in [4.78, 5) is 26.4. The third-order valence-electron chi connectivity index (χ3n) is 2.41. The maximum absolute atomic E-state index is 13.3. The normalized spacial score (nSPS) is 12.9. The van der Waals surface area contributed by atoms with Crippen LogP contribution in [0.1, 0.15) is 31.1 Å². The fourth-order valence-corrected chi connectivity index (χ4v) is 1.42. The second-order valence-corrected chi connectivity index (χ2v) is 4.97. The lowest BCUT2D eigenvalue weighted by Crippen LogP contribution is -2.49. The number of nitrogens with one attached hydrogen (secondary N) is 1. The van der Waals surface area contributed by atoms with Gasteiger partial charge in [0.05, 0.1) is 11.8 Å². The van der Waals surface area contributed by atoms with Gasteiger partial charge in [-0.15, -0.1) is 0 Å². The van der Waals surface area contributed by atoms with Crippen LogP contribution >= 0.6 is 0 Å². The van der Waals surface area contributed by atoms with Crippen molar-refractivity contribution in [3.8, 4) is 0 Å². The number of aliphatic carboxylic acids is 1. The summed E-state index contributed by atoms with van der Waals surface area (Å²) >= 11 is 0. The van der Waals surface area contributed by atoms with Gasteiger partial charge in [-0.25, -0.2) is 9.18 Å². The van der Waals surface area contributed by atoms with E-state index in [0.717, 1.165) is 6.20 Å². The summed E-state index contributed by atoms with van der Waals surface area (Å²) in [6, 6.07) is 0.101. The van der Waals surface area contributed by atoms with Crippen molar-refractivity contribution in [3.05, 3.63) is 29.8 Å². The van der Waals surface area contributed by atoms with Crippen LogP contribution in [0.4, 0.5) is 4.39 Å². The topological polar surface area (TPSA) is 79.3 Å². The van der Waals surface area contributed by atoms with Crippen molar-refractivity contribution in [1.82, 2.24) is 10.3 Å². The largest absolute Gasteiger partial charge is 0.480 e. The molecule has 1 heterocycles. The fourth-order valence-electron chi connectivity index (χ4n) is 1.42. The molecule has 98 valence electrons. The molecule has 0 bridgehead atoms. The lowest BCUT2D eigenvalue weighted by Gasteiger charge is -2.27. The van der Waals surface area contributed by atoms with Gasteiger partial charge in [0, 0.05) is 6.20 Å². The van der Waals surface area contributed by atoms with Crippen LogP contribution in [0.2, 0.25) is 0 Å². The third kappa shape index (κ3) is 3.26. The third-order valence-corrected chi connectivity index (χ3v) is 2.41. The first-order valence-electron chi connectivity index (χ1n) is 5.36. The number of aromatic nitrogens is 1. The highest BCUT2D eigenvalue weighted by atomic mass is 19.1. The molecular formula is C12H15FN2O3. The summed E-state index contributed by atoms with van der Waals surface area (Å²) in [5.41, 5.74) is -0.897. The smallest absolute Gasteiger partial charge is 0.326 e. The maximum Gasteiger partial charge on any atom is 0.326 e. The molecular weight excluding hydrogens is 239 g/mol. The van der Waals surface area contributed by atoms with Gasteiger partial charge >= 0.3 is 5.97 Å². The Labute approximate surface area is 104 Å². The van der Waals surface area contributed by atoms with Crippen LogP contribution in [-0.4, -0.2) is 28.0 Å². The van der Waals surface area contributed by atoms with Gasteiger partial charge in [-0.3, -0.25) is 9.78 Å². The predicted molar refractivity (Wildman–Crippen MR) is 62.5 cm³/mol. The second-order valence-electron chi connectivity index (χ2n) is 4.97. The zero-order valence-corrected chi connectivity index (χ0v) is 10.4. The number of pyridine rings is 1. The first-order valence-corrected chi connectivity index (χ1v) is 5.36. The SMILES string of the molecule is CC(C)(C)C(NC(=O)c1ccncc1F)C(=O)O. The Balaban J connectivity index is 2.93. The van der Waals surface area contributed by atoms with Crippen molar-refractivity contribution < 1.29 is 19.1 Å². The van der Waals surface area contributed by atoms with Gasteiger partial charge in [-0.1, -0.05) is 20.8 Å². The van der Waals surface area contributed by atoms with Crippen molar-refractivity contribution in [1.29, 1.82) is 0 Å². The van der Waals surface area contributed by atoms with Gasteiger partial charge in [0.1, 0.15) is 6.04 Å². The fraction of sp³-hybridized carbons (Fsp3) is 0.417. The Hall–Kier alpha value is -1.98. The molecule has 6 heteroatoms. The van der Waals surface area contributed by atoms with Crippen LogP contribution in [0.15, 0.2) is 18.5 Å². The first kappa shape index (κ1) is 14.1. The summed E-state index contributed by atoms with van der Waals surface area (Å²) in [7, 11) is 0. The molecule has 1 aromatic heterocycles. The molecule has 0 aliphatic carbocycles. The molecule has 2 N–H and O–H groups in total. The minimum atomic E-state index is -1.16. The molecule has 1 atom stereocenters. The van der Waals surface area contributed by atoms with E-state index >= 15 is 0 Å². The van der Waals surface area contributed by atoms with E-state index in [9.17, 15) is 14.0 Å². The number of nitrogens with zero attached hydrogens (tertiary/aromatic N) is 1. The number of carboxylic acid groups (broad SMARTS) is 1. The van der Waals surface area contributed by atoms with Gasteiger partial charge < -0.3 is 10.4 Å². The second kappa shape index (κ2) is 5.12. The van der Waals surface area contributed by atoms with E-state index in [1.807, 2.05) is 0 Å². The highest BCUT2D eigenvalue weighted by Gasteiger charge is 2.33. The van der Waals surface area contributed by atoms with Crippen LogP contribution in [0.25, 0.3) is 0 Å². The Morgan fingerprint density at radius 2 is 2.06 bits per heavy atom. The van der Waals surface area contributed by atoms with Crippen molar-refractivity contribution in [3.63, 3.8) is 0 Å². The predicted octanol–water partition coefficient (Wildman–Crippen LogP) is 1.45. The standard InChI is InChI=1S/C12H15FN2O3/c1-12(2,3)9(11(17)18)15-10(16)7-4-5-14-6-8(7)13/h4-6,9H,1-3H3,(H,15,16)(H,17,18). The summed E-state index contributed by atoms with van der Waals surface area (Å²) < 4.78 is 13.3. The highest BCUT2D eigenvalue weighted by molar-refractivity contribution is 5.96. The van der Waals surface area contributed by atoms with Gasteiger partial charge in [0.25, 0.3) is 5.91 Å². The highest BCUT2D eigenvalue weighted by Crippen LogP contribution is 2.20. The monoisotopic (exact) mass is 254 g/mol. The molecule has 1 amide bonds. The Morgan fingerprint density at radius 3 is 2.50 bits per heavy atom. The molecule has 0 aromatic carbocycles. The quantitative estimate of drug-likeness (QED) is 0.855. The van der Waals surface area contributed by atoms with Gasteiger partial charge in [0.2, 0.25) is 0 Å². The molecule has 0 radical (unpaired) electrons. The van der Waals surface area contributed by atoms with E-state index in [0.29, 0.717) is 0 Å². The van der Waals surface area contributed by atoms with Crippen molar-refractivity contribution in [2.45, 2.75) is 26.8 Å². The number of rotatable bonds is 3. The lowest BCUT2D eigenvalue weighted by atomic mass is 9.86.